The van der Waals surface area contributed by atoms with Gasteiger partial charge in [-0.2, -0.15) is 0 Å². The molecule has 22 heavy (non-hydrogen) atoms. The number of rotatable bonds is 5. The van der Waals surface area contributed by atoms with E-state index in [0.29, 0.717) is 6.54 Å². The first-order chi connectivity index (χ1) is 10.1. The highest BCUT2D eigenvalue weighted by molar-refractivity contribution is 5.85. The largest absolute Gasteiger partial charge is 0.342 e. The van der Waals surface area contributed by atoms with Gasteiger partial charge in [-0.25, -0.2) is 0 Å². The Balaban J connectivity index is 0.00000242. The van der Waals surface area contributed by atoms with Gasteiger partial charge in [-0.05, 0) is 18.1 Å². The molecule has 0 spiro atoms. The maximum atomic E-state index is 12.3. The summed E-state index contributed by atoms with van der Waals surface area (Å²) >= 11 is 0. The van der Waals surface area contributed by atoms with Crippen LogP contribution in [-0.4, -0.2) is 12.5 Å². The van der Waals surface area contributed by atoms with Crippen molar-refractivity contribution < 1.29 is 4.79 Å². The van der Waals surface area contributed by atoms with Crippen molar-refractivity contribution in [1.82, 2.24) is 5.32 Å². The molecule has 2 aromatic rings. The molecule has 0 heterocycles. The molecule has 2 rings (SSSR count). The van der Waals surface area contributed by atoms with E-state index >= 15 is 0 Å². The lowest BCUT2D eigenvalue weighted by Crippen LogP contribution is -2.47. The number of amides is 1. The molecular weight excluding hydrogens is 296 g/mol. The van der Waals surface area contributed by atoms with Crippen LogP contribution in [0.15, 0.2) is 60.7 Å². The number of benzene rings is 2. The lowest BCUT2D eigenvalue weighted by molar-refractivity contribution is -0.125. The molecule has 2 aromatic carbocycles. The zero-order valence-corrected chi connectivity index (χ0v) is 13.8. The minimum atomic E-state index is -0.566. The first-order valence-corrected chi connectivity index (χ1v) is 7.21. The van der Waals surface area contributed by atoms with Gasteiger partial charge in [0, 0.05) is 12.5 Å². The van der Waals surface area contributed by atoms with Crippen LogP contribution >= 0.6 is 12.4 Å². The van der Waals surface area contributed by atoms with Crippen LogP contribution in [0.2, 0.25) is 0 Å². The Kier molecular flexibility index (Phi) is 6.60. The van der Waals surface area contributed by atoms with Crippen LogP contribution in [0.1, 0.15) is 25.0 Å². The van der Waals surface area contributed by atoms with Crippen molar-refractivity contribution in [3.63, 3.8) is 0 Å². The minimum absolute atomic E-state index is 0. The van der Waals surface area contributed by atoms with Gasteiger partial charge >= 0.3 is 0 Å². The molecule has 1 amide bonds. The van der Waals surface area contributed by atoms with Gasteiger partial charge in [-0.15, -0.1) is 12.4 Å². The summed E-state index contributed by atoms with van der Waals surface area (Å²) in [6.07, 6.45) is 0. The van der Waals surface area contributed by atoms with E-state index in [1.807, 2.05) is 74.5 Å². The summed E-state index contributed by atoms with van der Waals surface area (Å²) in [6.45, 7) is 4.20. The van der Waals surface area contributed by atoms with Gasteiger partial charge < -0.3 is 11.1 Å². The van der Waals surface area contributed by atoms with E-state index < -0.39 is 5.54 Å². The SMILES string of the molecule is CC(CN)C(=O)NC(C)(c1ccccc1)c1ccccc1.Cl. The van der Waals surface area contributed by atoms with Crippen molar-refractivity contribution in [3.8, 4) is 0 Å². The molecule has 4 heteroatoms. The summed E-state index contributed by atoms with van der Waals surface area (Å²) in [5, 5.41) is 3.16. The third-order valence-corrected chi connectivity index (χ3v) is 3.88. The highest BCUT2D eigenvalue weighted by Gasteiger charge is 2.31. The molecule has 0 aromatic heterocycles. The van der Waals surface area contributed by atoms with Crippen molar-refractivity contribution in [1.29, 1.82) is 0 Å². The van der Waals surface area contributed by atoms with Crippen molar-refractivity contribution in [2.45, 2.75) is 19.4 Å². The van der Waals surface area contributed by atoms with Gasteiger partial charge in [-0.3, -0.25) is 4.79 Å². The summed E-state index contributed by atoms with van der Waals surface area (Å²) in [4.78, 5) is 12.3. The van der Waals surface area contributed by atoms with Crippen LogP contribution in [0.4, 0.5) is 0 Å². The Morgan fingerprint density at radius 1 is 1.05 bits per heavy atom. The molecule has 0 bridgehead atoms. The van der Waals surface area contributed by atoms with Gasteiger partial charge in [0.2, 0.25) is 5.91 Å². The van der Waals surface area contributed by atoms with E-state index in [4.69, 9.17) is 5.73 Å². The second-order valence-electron chi connectivity index (χ2n) is 5.48. The summed E-state index contributed by atoms with van der Waals surface area (Å²) in [5.74, 6) is -0.246. The zero-order chi connectivity index (χ0) is 15.3. The zero-order valence-electron chi connectivity index (χ0n) is 13.0. The molecule has 0 aliphatic carbocycles. The highest BCUT2D eigenvalue weighted by Crippen LogP contribution is 2.29. The molecule has 1 atom stereocenters. The Hall–Kier alpha value is -1.84. The van der Waals surface area contributed by atoms with Crippen LogP contribution < -0.4 is 11.1 Å². The summed E-state index contributed by atoms with van der Waals surface area (Å²) in [7, 11) is 0. The summed E-state index contributed by atoms with van der Waals surface area (Å²) in [5.41, 5.74) is 7.14. The normalized spacial score (nSPS) is 12.1. The van der Waals surface area contributed by atoms with Crippen LogP contribution in [0.5, 0.6) is 0 Å². The average molecular weight is 319 g/mol. The Morgan fingerprint density at radius 3 is 1.82 bits per heavy atom. The Labute approximate surface area is 138 Å². The molecule has 118 valence electrons. The predicted molar refractivity (Wildman–Crippen MR) is 92.9 cm³/mol. The standard InChI is InChI=1S/C18H22N2O.ClH/c1-14(13-19)17(21)20-18(2,15-9-5-3-6-10-15)16-11-7-4-8-12-16;/h3-12,14H,13,19H2,1-2H3,(H,20,21);1H. The lowest BCUT2D eigenvalue weighted by Gasteiger charge is -2.33. The van der Waals surface area contributed by atoms with Crippen LogP contribution in [0.3, 0.4) is 0 Å². The number of nitrogens with two attached hydrogens (primary N) is 1. The summed E-state index contributed by atoms with van der Waals surface area (Å²) in [6, 6.07) is 20.0. The molecule has 0 fully saturated rings. The van der Waals surface area contributed by atoms with E-state index in [1.165, 1.54) is 0 Å². The van der Waals surface area contributed by atoms with Crippen molar-refractivity contribution in [3.05, 3.63) is 71.8 Å². The number of nitrogens with one attached hydrogen (secondary N) is 1. The molecule has 3 N–H and O–H groups in total. The first-order valence-electron chi connectivity index (χ1n) is 7.21. The molecular formula is C18H23ClN2O. The molecule has 0 saturated heterocycles. The van der Waals surface area contributed by atoms with Gasteiger partial charge in [-0.1, -0.05) is 67.6 Å². The van der Waals surface area contributed by atoms with E-state index in [9.17, 15) is 4.79 Å². The van der Waals surface area contributed by atoms with Gasteiger partial charge in [0.1, 0.15) is 0 Å². The molecule has 0 aliphatic heterocycles. The summed E-state index contributed by atoms with van der Waals surface area (Å²) < 4.78 is 0. The predicted octanol–water partition coefficient (Wildman–Crippen LogP) is 3.08. The Bertz CT molecular complexity index is 547. The number of halogens is 1. The molecule has 1 unspecified atom stereocenters. The van der Waals surface area contributed by atoms with Gasteiger partial charge in [0.25, 0.3) is 0 Å². The molecule has 0 aliphatic rings. The van der Waals surface area contributed by atoms with Crippen molar-refractivity contribution in [2.75, 3.05) is 6.54 Å². The van der Waals surface area contributed by atoms with E-state index in [1.54, 1.807) is 0 Å². The van der Waals surface area contributed by atoms with Gasteiger partial charge in [0.15, 0.2) is 0 Å². The average Bonchev–Trinajstić information content (AvgIpc) is 2.55. The quantitative estimate of drug-likeness (QED) is 0.890. The minimum Gasteiger partial charge on any atom is -0.342 e. The smallest absolute Gasteiger partial charge is 0.225 e. The van der Waals surface area contributed by atoms with E-state index in [-0.39, 0.29) is 24.2 Å². The van der Waals surface area contributed by atoms with Crippen molar-refractivity contribution in [2.24, 2.45) is 11.7 Å². The monoisotopic (exact) mass is 318 g/mol. The fourth-order valence-corrected chi connectivity index (χ4v) is 2.33. The second kappa shape index (κ2) is 7.97. The highest BCUT2D eigenvalue weighted by atomic mass is 35.5. The third kappa shape index (κ3) is 3.87. The van der Waals surface area contributed by atoms with E-state index in [2.05, 4.69) is 5.32 Å². The maximum absolute atomic E-state index is 12.3. The van der Waals surface area contributed by atoms with E-state index in [0.717, 1.165) is 11.1 Å². The van der Waals surface area contributed by atoms with Crippen LogP contribution in [0, 0.1) is 5.92 Å². The van der Waals surface area contributed by atoms with Crippen LogP contribution in [-0.2, 0) is 10.3 Å². The number of carbonyl (C=O) groups is 1. The fourth-order valence-electron chi connectivity index (χ4n) is 2.33. The first kappa shape index (κ1) is 18.2. The maximum Gasteiger partial charge on any atom is 0.225 e. The molecule has 0 saturated carbocycles. The fraction of sp³-hybridized carbons (Fsp3) is 0.278. The van der Waals surface area contributed by atoms with Gasteiger partial charge in [0.05, 0.1) is 5.54 Å². The number of hydrogen-bond acceptors (Lipinski definition) is 2. The van der Waals surface area contributed by atoms with Crippen molar-refractivity contribution >= 4 is 18.3 Å². The topological polar surface area (TPSA) is 55.1 Å². The number of carbonyl (C=O) groups excluding carboxylic acids is 1. The third-order valence-electron chi connectivity index (χ3n) is 3.88. The molecule has 3 nitrogen and oxygen atoms in total. The lowest BCUT2D eigenvalue weighted by atomic mass is 9.84. The second-order valence-corrected chi connectivity index (χ2v) is 5.48. The number of hydrogen-bond donors (Lipinski definition) is 2. The van der Waals surface area contributed by atoms with Crippen LogP contribution in [0.25, 0.3) is 0 Å². The Morgan fingerprint density at radius 2 is 1.45 bits per heavy atom. The molecule has 0 radical (unpaired) electrons.